The molecule has 0 amide bonds. The molecule has 0 aromatic rings. The molecule has 4 unspecified atom stereocenters. The fourth-order valence-electron chi connectivity index (χ4n) is 5.37. The molecule has 92 valence electrons. The second-order valence-electron chi connectivity index (χ2n) is 6.35. The third kappa shape index (κ3) is 1.62. The Morgan fingerprint density at radius 2 is 1.31 bits per heavy atom. The SMILES string of the molecule is OCCC1C2CC3CC(C2)C(CCO)C1C3. The molecule has 4 rings (SSSR count). The molecule has 4 fully saturated rings. The van der Waals surface area contributed by atoms with Crippen LogP contribution in [-0.4, -0.2) is 23.4 Å². The van der Waals surface area contributed by atoms with E-state index in [9.17, 15) is 10.2 Å². The van der Waals surface area contributed by atoms with Crippen LogP contribution in [0.4, 0.5) is 0 Å². The molecule has 0 aliphatic heterocycles. The Balaban J connectivity index is 1.78. The highest BCUT2D eigenvalue weighted by Gasteiger charge is 2.52. The zero-order valence-electron chi connectivity index (χ0n) is 10.0. The number of hydrogen-bond donors (Lipinski definition) is 2. The van der Waals surface area contributed by atoms with Gasteiger partial charge >= 0.3 is 0 Å². The van der Waals surface area contributed by atoms with Gasteiger partial charge in [0.2, 0.25) is 0 Å². The molecule has 4 saturated carbocycles. The van der Waals surface area contributed by atoms with E-state index in [-0.39, 0.29) is 0 Å². The van der Waals surface area contributed by atoms with Gasteiger partial charge in [-0.15, -0.1) is 0 Å². The molecule has 16 heavy (non-hydrogen) atoms. The van der Waals surface area contributed by atoms with E-state index in [1.165, 1.54) is 25.7 Å². The molecule has 4 atom stereocenters. The quantitative estimate of drug-likeness (QED) is 0.767. The van der Waals surface area contributed by atoms with Gasteiger partial charge in [-0.3, -0.25) is 0 Å². The molecule has 4 aliphatic carbocycles. The van der Waals surface area contributed by atoms with Crippen molar-refractivity contribution >= 4 is 0 Å². The highest BCUT2D eigenvalue weighted by atomic mass is 16.3. The van der Waals surface area contributed by atoms with Crippen LogP contribution in [-0.2, 0) is 0 Å². The summed E-state index contributed by atoms with van der Waals surface area (Å²) in [6.45, 7) is 0.720. The molecule has 0 heterocycles. The zero-order chi connectivity index (χ0) is 11.1. The molecule has 0 spiro atoms. The van der Waals surface area contributed by atoms with Gasteiger partial charge in [-0.25, -0.2) is 0 Å². The first-order valence-electron chi connectivity index (χ1n) is 7.05. The molecule has 0 aromatic heterocycles. The van der Waals surface area contributed by atoms with Crippen LogP contribution in [0.15, 0.2) is 0 Å². The summed E-state index contributed by atoms with van der Waals surface area (Å²) in [5.41, 5.74) is 0. The van der Waals surface area contributed by atoms with Crippen molar-refractivity contribution < 1.29 is 10.2 Å². The maximum absolute atomic E-state index is 9.22. The maximum atomic E-state index is 9.22. The lowest BCUT2D eigenvalue weighted by atomic mass is 9.47. The number of aliphatic hydroxyl groups excluding tert-OH is 2. The number of aliphatic hydroxyl groups is 2. The normalized spacial score (nSPS) is 49.9. The second kappa shape index (κ2) is 4.30. The van der Waals surface area contributed by atoms with Gasteiger partial charge in [-0.1, -0.05) is 0 Å². The maximum Gasteiger partial charge on any atom is 0.0433 e. The van der Waals surface area contributed by atoms with Crippen LogP contribution in [0.3, 0.4) is 0 Å². The highest BCUT2D eigenvalue weighted by Crippen LogP contribution is 2.60. The van der Waals surface area contributed by atoms with E-state index in [1.54, 1.807) is 0 Å². The standard InChI is InChI=1S/C14H24O2/c15-3-1-12-10-5-9-6-11(8-10)13(2-4-16)14(12)7-9/h9-16H,1-8H2. The van der Waals surface area contributed by atoms with Crippen LogP contribution in [0.25, 0.3) is 0 Å². The molecule has 2 heteroatoms. The van der Waals surface area contributed by atoms with E-state index < -0.39 is 0 Å². The van der Waals surface area contributed by atoms with Gasteiger partial charge in [0.25, 0.3) is 0 Å². The van der Waals surface area contributed by atoms with Crippen LogP contribution in [0.2, 0.25) is 0 Å². The third-order valence-electron chi connectivity index (χ3n) is 5.72. The summed E-state index contributed by atoms with van der Waals surface area (Å²) in [6.07, 6.45) is 7.67. The Bertz CT molecular complexity index is 231. The van der Waals surface area contributed by atoms with Crippen molar-refractivity contribution in [1.29, 1.82) is 0 Å². The largest absolute Gasteiger partial charge is 0.396 e. The van der Waals surface area contributed by atoms with Crippen molar-refractivity contribution in [3.8, 4) is 0 Å². The average molecular weight is 224 g/mol. The van der Waals surface area contributed by atoms with Gasteiger partial charge < -0.3 is 10.2 Å². The van der Waals surface area contributed by atoms with Crippen LogP contribution in [0.5, 0.6) is 0 Å². The topological polar surface area (TPSA) is 40.5 Å². The van der Waals surface area contributed by atoms with Gasteiger partial charge in [0.15, 0.2) is 0 Å². The summed E-state index contributed by atoms with van der Waals surface area (Å²) in [6, 6.07) is 0. The van der Waals surface area contributed by atoms with Crippen molar-refractivity contribution in [1.82, 2.24) is 0 Å². The van der Waals surface area contributed by atoms with Gasteiger partial charge in [-0.2, -0.15) is 0 Å². The number of hydrogen-bond acceptors (Lipinski definition) is 2. The molecular weight excluding hydrogens is 200 g/mol. The van der Waals surface area contributed by atoms with Crippen LogP contribution in [0, 0.1) is 35.5 Å². The lowest BCUT2D eigenvalue weighted by Crippen LogP contribution is -2.51. The minimum Gasteiger partial charge on any atom is -0.396 e. The lowest BCUT2D eigenvalue weighted by Gasteiger charge is -2.58. The summed E-state index contributed by atoms with van der Waals surface area (Å²) in [4.78, 5) is 0. The van der Waals surface area contributed by atoms with E-state index in [0.29, 0.717) is 13.2 Å². The first kappa shape index (κ1) is 11.0. The average Bonchev–Trinajstić information content (AvgIpc) is 2.28. The molecule has 0 radical (unpaired) electrons. The predicted octanol–water partition coefficient (Wildman–Crippen LogP) is 2.05. The second-order valence-corrected chi connectivity index (χ2v) is 6.35. The number of rotatable bonds is 4. The molecule has 0 saturated heterocycles. The van der Waals surface area contributed by atoms with Gasteiger partial charge in [0.05, 0.1) is 0 Å². The molecule has 2 N–H and O–H groups in total. The summed E-state index contributed by atoms with van der Waals surface area (Å²) in [7, 11) is 0. The van der Waals surface area contributed by atoms with Crippen LogP contribution >= 0.6 is 0 Å². The van der Waals surface area contributed by atoms with Gasteiger partial charge in [0.1, 0.15) is 0 Å². The Hall–Kier alpha value is -0.0800. The van der Waals surface area contributed by atoms with Crippen LogP contribution in [0.1, 0.15) is 38.5 Å². The molecular formula is C14H24O2. The van der Waals surface area contributed by atoms with Crippen molar-refractivity contribution in [2.75, 3.05) is 13.2 Å². The Morgan fingerprint density at radius 3 is 1.81 bits per heavy atom. The van der Waals surface area contributed by atoms with Crippen molar-refractivity contribution in [3.63, 3.8) is 0 Å². The van der Waals surface area contributed by atoms with Crippen molar-refractivity contribution in [3.05, 3.63) is 0 Å². The van der Waals surface area contributed by atoms with Gasteiger partial charge in [0, 0.05) is 13.2 Å². The zero-order valence-corrected chi connectivity index (χ0v) is 10.0. The summed E-state index contributed by atoms with van der Waals surface area (Å²) in [5, 5.41) is 18.4. The summed E-state index contributed by atoms with van der Waals surface area (Å²) in [5.74, 6) is 5.17. The van der Waals surface area contributed by atoms with E-state index in [4.69, 9.17) is 0 Å². The van der Waals surface area contributed by atoms with E-state index in [1.807, 2.05) is 0 Å². The summed E-state index contributed by atoms with van der Waals surface area (Å²) < 4.78 is 0. The predicted molar refractivity (Wildman–Crippen MR) is 62.8 cm³/mol. The Labute approximate surface area is 98.1 Å². The summed E-state index contributed by atoms with van der Waals surface area (Å²) >= 11 is 0. The first-order chi connectivity index (χ1) is 7.83. The minimum atomic E-state index is 0.360. The van der Waals surface area contributed by atoms with Crippen molar-refractivity contribution in [2.24, 2.45) is 35.5 Å². The van der Waals surface area contributed by atoms with Crippen LogP contribution < -0.4 is 0 Å². The van der Waals surface area contributed by atoms with E-state index >= 15 is 0 Å². The Kier molecular flexibility index (Phi) is 2.97. The monoisotopic (exact) mass is 224 g/mol. The van der Waals surface area contributed by atoms with E-state index in [2.05, 4.69) is 0 Å². The smallest absolute Gasteiger partial charge is 0.0433 e. The lowest BCUT2D eigenvalue weighted by molar-refractivity contribution is -0.0969. The third-order valence-corrected chi connectivity index (χ3v) is 5.72. The Morgan fingerprint density at radius 1 is 0.750 bits per heavy atom. The highest BCUT2D eigenvalue weighted by molar-refractivity contribution is 5.01. The molecule has 0 aromatic carbocycles. The van der Waals surface area contributed by atoms with Gasteiger partial charge in [-0.05, 0) is 74.0 Å². The van der Waals surface area contributed by atoms with Crippen molar-refractivity contribution in [2.45, 2.75) is 38.5 Å². The fraction of sp³-hybridized carbons (Fsp3) is 1.00. The first-order valence-corrected chi connectivity index (χ1v) is 7.05. The fourth-order valence-corrected chi connectivity index (χ4v) is 5.37. The molecule has 2 nitrogen and oxygen atoms in total. The molecule has 4 bridgehead atoms. The minimum absolute atomic E-state index is 0.360. The molecule has 4 aliphatic rings. The van der Waals surface area contributed by atoms with E-state index in [0.717, 1.165) is 48.3 Å².